The molecule has 0 amide bonds. The zero-order chi connectivity index (χ0) is 9.84. The van der Waals surface area contributed by atoms with Crippen molar-refractivity contribution in [1.29, 1.82) is 0 Å². The van der Waals surface area contributed by atoms with Gasteiger partial charge in [-0.05, 0) is 47.1 Å². The van der Waals surface area contributed by atoms with Crippen molar-refractivity contribution < 1.29 is 5.11 Å². The Labute approximate surface area is 92.3 Å². The number of nitrogens with two attached hydrogens (primary N) is 1. The predicted octanol–water partition coefficient (Wildman–Crippen LogP) is 1.98. The van der Waals surface area contributed by atoms with E-state index in [1.165, 1.54) is 9.13 Å². The topological polar surface area (TPSA) is 46.2 Å². The van der Waals surface area contributed by atoms with Gasteiger partial charge in [-0.1, -0.05) is 18.2 Å². The van der Waals surface area contributed by atoms with Crippen LogP contribution in [0, 0.1) is 10.5 Å². The van der Waals surface area contributed by atoms with E-state index in [1.807, 2.05) is 12.1 Å². The van der Waals surface area contributed by atoms with E-state index in [1.54, 1.807) is 0 Å². The van der Waals surface area contributed by atoms with Gasteiger partial charge in [0.2, 0.25) is 0 Å². The van der Waals surface area contributed by atoms with E-state index in [9.17, 15) is 0 Å². The Morgan fingerprint density at radius 2 is 2.23 bits per heavy atom. The van der Waals surface area contributed by atoms with Crippen molar-refractivity contribution in [2.24, 2.45) is 5.73 Å². The summed E-state index contributed by atoms with van der Waals surface area (Å²) < 4.78 is 1.21. The number of halogens is 1. The summed E-state index contributed by atoms with van der Waals surface area (Å²) >= 11 is 2.30. The molecule has 3 N–H and O–H groups in total. The lowest BCUT2D eigenvalue weighted by Gasteiger charge is -2.13. The standard InChI is InChI=1S/C10H14INO/c1-7-3-2-4-8(10(7)11)9(12)5-6-13/h2-4,9,13H,5-6,12H2,1H3/t9-/m1/s1. The highest BCUT2D eigenvalue weighted by molar-refractivity contribution is 14.1. The predicted molar refractivity (Wildman–Crippen MR) is 62.5 cm³/mol. The molecule has 0 heterocycles. The molecule has 0 radical (unpaired) electrons. The van der Waals surface area contributed by atoms with E-state index in [-0.39, 0.29) is 12.6 Å². The molecule has 0 fully saturated rings. The zero-order valence-corrected chi connectivity index (χ0v) is 9.78. The summed E-state index contributed by atoms with van der Waals surface area (Å²) in [7, 11) is 0. The maximum atomic E-state index is 8.78. The van der Waals surface area contributed by atoms with Crippen LogP contribution in [0.5, 0.6) is 0 Å². The number of hydrogen-bond donors (Lipinski definition) is 2. The van der Waals surface area contributed by atoms with Gasteiger partial charge in [0, 0.05) is 16.2 Å². The number of benzene rings is 1. The normalized spacial score (nSPS) is 12.9. The number of aryl methyl sites for hydroxylation is 1. The van der Waals surface area contributed by atoms with Crippen LogP contribution in [0.1, 0.15) is 23.6 Å². The van der Waals surface area contributed by atoms with E-state index < -0.39 is 0 Å². The highest BCUT2D eigenvalue weighted by Crippen LogP contribution is 2.23. The van der Waals surface area contributed by atoms with Crippen molar-refractivity contribution in [3.8, 4) is 0 Å². The number of hydrogen-bond acceptors (Lipinski definition) is 2. The smallest absolute Gasteiger partial charge is 0.0449 e. The number of rotatable bonds is 3. The highest BCUT2D eigenvalue weighted by Gasteiger charge is 2.09. The fourth-order valence-corrected chi connectivity index (χ4v) is 2.01. The van der Waals surface area contributed by atoms with Gasteiger partial charge in [-0.15, -0.1) is 0 Å². The van der Waals surface area contributed by atoms with Gasteiger partial charge in [-0.25, -0.2) is 0 Å². The van der Waals surface area contributed by atoms with Crippen molar-refractivity contribution in [2.45, 2.75) is 19.4 Å². The van der Waals surface area contributed by atoms with Gasteiger partial charge in [0.1, 0.15) is 0 Å². The van der Waals surface area contributed by atoms with Crippen molar-refractivity contribution in [1.82, 2.24) is 0 Å². The van der Waals surface area contributed by atoms with Gasteiger partial charge in [0.05, 0.1) is 0 Å². The third-order valence-electron chi connectivity index (χ3n) is 2.06. The van der Waals surface area contributed by atoms with Crippen LogP contribution < -0.4 is 5.73 Å². The molecule has 0 unspecified atom stereocenters. The molecule has 0 aromatic heterocycles. The molecular formula is C10H14INO. The Kier molecular flexibility index (Phi) is 4.15. The first-order chi connectivity index (χ1) is 6.16. The summed E-state index contributed by atoms with van der Waals surface area (Å²) in [6.45, 7) is 2.21. The highest BCUT2D eigenvalue weighted by atomic mass is 127. The molecule has 0 aliphatic rings. The third-order valence-corrected chi connectivity index (χ3v) is 3.53. The molecule has 0 bridgehead atoms. The fraction of sp³-hybridized carbons (Fsp3) is 0.400. The Morgan fingerprint density at radius 3 is 2.85 bits per heavy atom. The number of aliphatic hydroxyl groups is 1. The van der Waals surface area contributed by atoms with E-state index in [0.717, 1.165) is 5.56 Å². The third kappa shape index (κ3) is 2.65. The zero-order valence-electron chi connectivity index (χ0n) is 7.63. The summed E-state index contributed by atoms with van der Waals surface area (Å²) in [5.74, 6) is 0. The second-order valence-electron chi connectivity index (χ2n) is 3.10. The van der Waals surface area contributed by atoms with Crippen molar-refractivity contribution in [3.05, 3.63) is 32.9 Å². The Bertz CT molecular complexity index is 288. The van der Waals surface area contributed by atoms with Gasteiger partial charge in [-0.2, -0.15) is 0 Å². The second-order valence-corrected chi connectivity index (χ2v) is 4.18. The van der Waals surface area contributed by atoms with Gasteiger partial charge >= 0.3 is 0 Å². The molecule has 72 valence electrons. The molecule has 0 spiro atoms. The molecule has 0 saturated heterocycles. The second kappa shape index (κ2) is 4.93. The quantitative estimate of drug-likeness (QED) is 0.837. The molecule has 2 nitrogen and oxygen atoms in total. The average molecular weight is 291 g/mol. The van der Waals surface area contributed by atoms with E-state index in [4.69, 9.17) is 10.8 Å². The average Bonchev–Trinajstić information content (AvgIpc) is 2.10. The van der Waals surface area contributed by atoms with E-state index >= 15 is 0 Å². The van der Waals surface area contributed by atoms with Crippen LogP contribution in [0.4, 0.5) is 0 Å². The minimum Gasteiger partial charge on any atom is -0.396 e. The lowest BCUT2D eigenvalue weighted by Crippen LogP contribution is -2.13. The first-order valence-electron chi connectivity index (χ1n) is 4.28. The molecule has 0 saturated carbocycles. The van der Waals surface area contributed by atoms with Crippen LogP contribution >= 0.6 is 22.6 Å². The first kappa shape index (κ1) is 10.9. The molecule has 1 aromatic carbocycles. The largest absolute Gasteiger partial charge is 0.396 e. The maximum Gasteiger partial charge on any atom is 0.0449 e. The SMILES string of the molecule is Cc1cccc([C@H](N)CCO)c1I. The van der Waals surface area contributed by atoms with Gasteiger partial charge in [0.25, 0.3) is 0 Å². The van der Waals surface area contributed by atoms with Gasteiger partial charge in [-0.3, -0.25) is 0 Å². The summed E-state index contributed by atoms with van der Waals surface area (Å²) in [6.07, 6.45) is 0.624. The summed E-state index contributed by atoms with van der Waals surface area (Å²) in [5.41, 5.74) is 8.29. The summed E-state index contributed by atoms with van der Waals surface area (Å²) in [4.78, 5) is 0. The number of aliphatic hydroxyl groups excluding tert-OH is 1. The summed E-state index contributed by atoms with van der Waals surface area (Å²) in [6, 6.07) is 6.05. The summed E-state index contributed by atoms with van der Waals surface area (Å²) in [5, 5.41) is 8.78. The van der Waals surface area contributed by atoms with Crippen LogP contribution in [0.2, 0.25) is 0 Å². The van der Waals surface area contributed by atoms with E-state index in [0.29, 0.717) is 6.42 Å². The maximum absolute atomic E-state index is 8.78. The molecule has 0 aliphatic carbocycles. The van der Waals surface area contributed by atoms with Crippen molar-refractivity contribution >= 4 is 22.6 Å². The molecule has 3 heteroatoms. The molecule has 13 heavy (non-hydrogen) atoms. The minimum atomic E-state index is -0.0446. The Hall–Kier alpha value is -0.130. The molecule has 1 atom stereocenters. The molecule has 0 aliphatic heterocycles. The Balaban J connectivity index is 2.93. The van der Waals surface area contributed by atoms with Gasteiger partial charge in [0.15, 0.2) is 0 Å². The van der Waals surface area contributed by atoms with Crippen LogP contribution in [0.15, 0.2) is 18.2 Å². The minimum absolute atomic E-state index is 0.0446. The molecular weight excluding hydrogens is 277 g/mol. The lowest BCUT2D eigenvalue weighted by atomic mass is 10.0. The van der Waals surface area contributed by atoms with Crippen molar-refractivity contribution in [2.75, 3.05) is 6.61 Å². The van der Waals surface area contributed by atoms with Crippen LogP contribution in [-0.2, 0) is 0 Å². The van der Waals surface area contributed by atoms with Crippen LogP contribution in [-0.4, -0.2) is 11.7 Å². The molecule has 1 rings (SSSR count). The van der Waals surface area contributed by atoms with Gasteiger partial charge < -0.3 is 10.8 Å². The molecule has 1 aromatic rings. The van der Waals surface area contributed by atoms with Crippen LogP contribution in [0.3, 0.4) is 0 Å². The lowest BCUT2D eigenvalue weighted by molar-refractivity contribution is 0.276. The first-order valence-corrected chi connectivity index (χ1v) is 5.36. The van der Waals surface area contributed by atoms with E-state index in [2.05, 4.69) is 35.6 Å². The fourth-order valence-electron chi connectivity index (χ4n) is 1.25. The monoisotopic (exact) mass is 291 g/mol. The van der Waals surface area contributed by atoms with Crippen LogP contribution in [0.25, 0.3) is 0 Å². The van der Waals surface area contributed by atoms with Crippen molar-refractivity contribution in [3.63, 3.8) is 0 Å². The Morgan fingerprint density at radius 1 is 1.54 bits per heavy atom.